The molecule has 2 nitrogen and oxygen atoms in total. The second-order valence-corrected chi connectivity index (χ2v) is 2.95. The van der Waals surface area contributed by atoms with Crippen molar-refractivity contribution in [2.24, 2.45) is 5.73 Å². The van der Waals surface area contributed by atoms with Gasteiger partial charge in [-0.3, -0.25) is 0 Å². The minimum Gasteiger partial charge on any atom is -0.493 e. The van der Waals surface area contributed by atoms with Crippen LogP contribution in [0.25, 0.3) is 0 Å². The first-order valence-corrected chi connectivity index (χ1v) is 4.51. The summed E-state index contributed by atoms with van der Waals surface area (Å²) in [6.07, 6.45) is 1.63. The van der Waals surface area contributed by atoms with Gasteiger partial charge in [-0.2, -0.15) is 0 Å². The third-order valence-electron chi connectivity index (χ3n) is 1.70. The van der Waals surface area contributed by atoms with Crippen LogP contribution in [0.3, 0.4) is 0 Å². The summed E-state index contributed by atoms with van der Waals surface area (Å²) in [6.45, 7) is 1.03. The van der Waals surface area contributed by atoms with Gasteiger partial charge in [-0.25, -0.2) is 8.78 Å². The molecule has 0 unspecified atom stereocenters. The quantitative estimate of drug-likeness (QED) is 0.740. The molecule has 2 N–H and O–H groups in total. The number of ether oxygens (including phenoxy) is 1. The van der Waals surface area contributed by atoms with Gasteiger partial charge < -0.3 is 10.5 Å². The van der Waals surface area contributed by atoms with Gasteiger partial charge in [0.05, 0.1) is 6.61 Å². The van der Waals surface area contributed by atoms with E-state index in [0.717, 1.165) is 31.0 Å². The van der Waals surface area contributed by atoms with Gasteiger partial charge in [0, 0.05) is 18.2 Å². The topological polar surface area (TPSA) is 35.2 Å². The van der Waals surface area contributed by atoms with E-state index in [9.17, 15) is 8.78 Å². The second kappa shape index (κ2) is 5.54. The Balaban J connectivity index is 2.42. The number of benzene rings is 1. The molecule has 0 bridgehead atoms. The number of rotatable bonds is 5. The van der Waals surface area contributed by atoms with E-state index in [4.69, 9.17) is 10.5 Å². The van der Waals surface area contributed by atoms with Crippen molar-refractivity contribution in [1.82, 2.24) is 0 Å². The molecule has 0 fully saturated rings. The first-order valence-electron chi connectivity index (χ1n) is 4.51. The number of nitrogens with two attached hydrogens (primary N) is 1. The van der Waals surface area contributed by atoms with Crippen molar-refractivity contribution in [3.05, 3.63) is 29.8 Å². The Bertz CT molecular complexity index is 271. The normalized spacial score (nSPS) is 10.2. The zero-order valence-electron chi connectivity index (χ0n) is 7.80. The lowest BCUT2D eigenvalue weighted by atomic mass is 10.3. The van der Waals surface area contributed by atoms with Crippen LogP contribution in [0.15, 0.2) is 18.2 Å². The van der Waals surface area contributed by atoms with Gasteiger partial charge >= 0.3 is 0 Å². The predicted molar refractivity (Wildman–Crippen MR) is 50.1 cm³/mol. The molecule has 1 aromatic rings. The maximum absolute atomic E-state index is 12.7. The van der Waals surface area contributed by atoms with E-state index in [2.05, 4.69) is 0 Å². The molecule has 0 spiro atoms. The lowest BCUT2D eigenvalue weighted by Crippen LogP contribution is -2.03. The zero-order chi connectivity index (χ0) is 10.4. The SMILES string of the molecule is NCCCCOc1cc(F)cc(F)c1. The van der Waals surface area contributed by atoms with Crippen molar-refractivity contribution in [2.75, 3.05) is 13.2 Å². The summed E-state index contributed by atoms with van der Waals surface area (Å²) in [6, 6.07) is 3.13. The number of hydrogen-bond acceptors (Lipinski definition) is 2. The van der Waals surface area contributed by atoms with Crippen LogP contribution in [-0.2, 0) is 0 Å². The minimum absolute atomic E-state index is 0.222. The Labute approximate surface area is 81.7 Å². The summed E-state index contributed by atoms with van der Waals surface area (Å²) in [5, 5.41) is 0. The summed E-state index contributed by atoms with van der Waals surface area (Å²) >= 11 is 0. The molecule has 0 heterocycles. The lowest BCUT2D eigenvalue weighted by molar-refractivity contribution is 0.304. The molecule has 0 atom stereocenters. The fourth-order valence-corrected chi connectivity index (χ4v) is 1.05. The molecule has 0 aromatic heterocycles. The Morgan fingerprint density at radius 2 is 1.71 bits per heavy atom. The van der Waals surface area contributed by atoms with Crippen molar-refractivity contribution in [1.29, 1.82) is 0 Å². The van der Waals surface area contributed by atoms with Gasteiger partial charge in [-0.05, 0) is 19.4 Å². The Morgan fingerprint density at radius 3 is 2.29 bits per heavy atom. The third-order valence-corrected chi connectivity index (χ3v) is 1.70. The van der Waals surface area contributed by atoms with Crippen molar-refractivity contribution in [3.63, 3.8) is 0 Å². The molecule has 0 aliphatic rings. The molecular weight excluding hydrogens is 188 g/mol. The van der Waals surface area contributed by atoms with Crippen molar-refractivity contribution >= 4 is 0 Å². The molecule has 4 heteroatoms. The molecule has 78 valence electrons. The van der Waals surface area contributed by atoms with Crippen LogP contribution >= 0.6 is 0 Å². The summed E-state index contributed by atoms with van der Waals surface area (Å²) in [5.74, 6) is -1.03. The monoisotopic (exact) mass is 201 g/mol. The van der Waals surface area contributed by atoms with E-state index in [1.807, 2.05) is 0 Å². The highest BCUT2D eigenvalue weighted by atomic mass is 19.1. The fraction of sp³-hybridized carbons (Fsp3) is 0.400. The van der Waals surface area contributed by atoms with E-state index < -0.39 is 11.6 Å². The molecular formula is C10H13F2NO. The number of hydrogen-bond donors (Lipinski definition) is 1. The second-order valence-electron chi connectivity index (χ2n) is 2.95. The fourth-order valence-electron chi connectivity index (χ4n) is 1.05. The third kappa shape index (κ3) is 3.70. The van der Waals surface area contributed by atoms with Crippen LogP contribution in [-0.4, -0.2) is 13.2 Å². The summed E-state index contributed by atoms with van der Waals surface area (Å²) in [4.78, 5) is 0. The number of halogens is 2. The van der Waals surface area contributed by atoms with Gasteiger partial charge in [0.25, 0.3) is 0 Å². The first kappa shape index (κ1) is 10.9. The van der Waals surface area contributed by atoms with Gasteiger partial charge in [-0.15, -0.1) is 0 Å². The summed E-state index contributed by atoms with van der Waals surface area (Å²) in [5.41, 5.74) is 5.28. The summed E-state index contributed by atoms with van der Waals surface area (Å²) < 4.78 is 30.5. The highest BCUT2D eigenvalue weighted by molar-refractivity contribution is 5.23. The van der Waals surface area contributed by atoms with Crippen LogP contribution in [0.5, 0.6) is 5.75 Å². The van der Waals surface area contributed by atoms with Crippen LogP contribution in [0, 0.1) is 11.6 Å². The molecule has 0 amide bonds. The molecule has 0 saturated heterocycles. The van der Waals surface area contributed by atoms with E-state index in [0.29, 0.717) is 13.2 Å². The van der Waals surface area contributed by atoms with Gasteiger partial charge in [0.2, 0.25) is 0 Å². The van der Waals surface area contributed by atoms with E-state index in [1.54, 1.807) is 0 Å². The van der Waals surface area contributed by atoms with E-state index >= 15 is 0 Å². The van der Waals surface area contributed by atoms with Crippen LogP contribution in [0.4, 0.5) is 8.78 Å². The first-order chi connectivity index (χ1) is 6.72. The molecule has 1 aromatic carbocycles. The van der Waals surface area contributed by atoms with Gasteiger partial charge in [0.1, 0.15) is 17.4 Å². The smallest absolute Gasteiger partial charge is 0.129 e. The largest absolute Gasteiger partial charge is 0.493 e. The zero-order valence-corrected chi connectivity index (χ0v) is 7.80. The highest BCUT2D eigenvalue weighted by Gasteiger charge is 2.00. The molecule has 0 aliphatic carbocycles. The van der Waals surface area contributed by atoms with Crippen LogP contribution in [0.1, 0.15) is 12.8 Å². The van der Waals surface area contributed by atoms with Crippen LogP contribution in [0.2, 0.25) is 0 Å². The van der Waals surface area contributed by atoms with Crippen molar-refractivity contribution in [2.45, 2.75) is 12.8 Å². The number of unbranched alkanes of at least 4 members (excludes halogenated alkanes) is 1. The summed E-state index contributed by atoms with van der Waals surface area (Å²) in [7, 11) is 0. The average Bonchev–Trinajstić information content (AvgIpc) is 2.11. The highest BCUT2D eigenvalue weighted by Crippen LogP contribution is 2.15. The van der Waals surface area contributed by atoms with E-state index in [1.165, 1.54) is 0 Å². The lowest BCUT2D eigenvalue weighted by Gasteiger charge is -2.05. The predicted octanol–water partition coefficient (Wildman–Crippen LogP) is 2.08. The van der Waals surface area contributed by atoms with E-state index in [-0.39, 0.29) is 5.75 Å². The maximum atomic E-state index is 12.7. The minimum atomic E-state index is -0.626. The Kier molecular flexibility index (Phi) is 4.32. The van der Waals surface area contributed by atoms with Crippen LogP contribution < -0.4 is 10.5 Å². The Morgan fingerprint density at radius 1 is 1.07 bits per heavy atom. The maximum Gasteiger partial charge on any atom is 0.129 e. The molecule has 0 radical (unpaired) electrons. The van der Waals surface area contributed by atoms with Crippen molar-refractivity contribution < 1.29 is 13.5 Å². The molecule has 1 rings (SSSR count). The van der Waals surface area contributed by atoms with Gasteiger partial charge in [-0.1, -0.05) is 0 Å². The standard InChI is InChI=1S/C10H13F2NO/c11-8-5-9(12)7-10(6-8)14-4-2-1-3-13/h5-7H,1-4,13H2. The molecule has 14 heavy (non-hydrogen) atoms. The average molecular weight is 201 g/mol. The van der Waals surface area contributed by atoms with Gasteiger partial charge in [0.15, 0.2) is 0 Å². The van der Waals surface area contributed by atoms with Crippen molar-refractivity contribution in [3.8, 4) is 5.75 Å². The Hall–Kier alpha value is -1.16. The molecule has 0 saturated carbocycles. The molecule has 0 aliphatic heterocycles.